The van der Waals surface area contributed by atoms with E-state index in [1.54, 1.807) is 18.2 Å². The minimum absolute atomic E-state index is 0.113. The summed E-state index contributed by atoms with van der Waals surface area (Å²) in [6.45, 7) is 0. The van der Waals surface area contributed by atoms with Gasteiger partial charge in [0.05, 0.1) is 0 Å². The summed E-state index contributed by atoms with van der Waals surface area (Å²) in [4.78, 5) is 16.2. The lowest BCUT2D eigenvalue weighted by Gasteiger charge is -2.01. The normalized spacial score (nSPS) is 15.0. The van der Waals surface area contributed by atoms with Crippen molar-refractivity contribution in [3.05, 3.63) is 102 Å². The summed E-state index contributed by atoms with van der Waals surface area (Å²) in [5, 5.41) is 0. The van der Waals surface area contributed by atoms with E-state index in [9.17, 15) is 9.18 Å². The minimum atomic E-state index is -0.545. The van der Waals surface area contributed by atoms with E-state index in [1.165, 1.54) is 12.1 Å². The standard InChI is InChI=1S/C22H14FNO2/c23-19-8-4-7-18(14-19)21-24-20(22(25)26-21)13-15-9-11-17(12-10-15)16-5-2-1-3-6-16/h1-14H/b20-13-. The molecule has 1 heterocycles. The van der Waals surface area contributed by atoms with E-state index in [0.717, 1.165) is 16.7 Å². The van der Waals surface area contributed by atoms with Crippen LogP contribution in [0.5, 0.6) is 0 Å². The second-order valence-corrected chi connectivity index (χ2v) is 5.83. The molecule has 0 amide bonds. The first kappa shape index (κ1) is 16.0. The van der Waals surface area contributed by atoms with Gasteiger partial charge in [-0.1, -0.05) is 60.7 Å². The zero-order chi connectivity index (χ0) is 17.9. The molecule has 0 bridgehead atoms. The molecule has 0 aliphatic carbocycles. The summed E-state index contributed by atoms with van der Waals surface area (Å²) < 4.78 is 18.5. The SMILES string of the molecule is O=C1OC(c2cccc(F)c2)=N/C1=C\c1ccc(-c2ccccc2)cc1. The Kier molecular flexibility index (Phi) is 4.15. The van der Waals surface area contributed by atoms with Gasteiger partial charge in [0.1, 0.15) is 5.82 Å². The Morgan fingerprint density at radius 3 is 2.23 bits per heavy atom. The number of esters is 1. The van der Waals surface area contributed by atoms with Crippen LogP contribution in [-0.4, -0.2) is 11.9 Å². The second kappa shape index (κ2) is 6.76. The zero-order valence-electron chi connectivity index (χ0n) is 13.7. The monoisotopic (exact) mass is 343 g/mol. The van der Waals surface area contributed by atoms with Crippen LogP contribution >= 0.6 is 0 Å². The number of hydrogen-bond donors (Lipinski definition) is 0. The van der Waals surface area contributed by atoms with E-state index in [0.29, 0.717) is 5.56 Å². The van der Waals surface area contributed by atoms with Gasteiger partial charge >= 0.3 is 5.97 Å². The maximum Gasteiger partial charge on any atom is 0.363 e. The Balaban J connectivity index is 1.60. The number of halogens is 1. The van der Waals surface area contributed by atoms with E-state index in [-0.39, 0.29) is 11.6 Å². The molecule has 4 rings (SSSR count). The van der Waals surface area contributed by atoms with Crippen molar-refractivity contribution in [3.63, 3.8) is 0 Å². The largest absolute Gasteiger partial charge is 0.402 e. The molecule has 3 aromatic carbocycles. The quantitative estimate of drug-likeness (QED) is 0.504. The summed E-state index contributed by atoms with van der Waals surface area (Å²) in [7, 11) is 0. The maximum atomic E-state index is 13.3. The van der Waals surface area contributed by atoms with Crippen LogP contribution < -0.4 is 0 Å². The number of ether oxygens (including phenoxy) is 1. The van der Waals surface area contributed by atoms with Crippen molar-refractivity contribution in [1.29, 1.82) is 0 Å². The minimum Gasteiger partial charge on any atom is -0.402 e. The number of carbonyl (C=O) groups excluding carboxylic acids is 1. The summed E-state index contributed by atoms with van der Waals surface area (Å²) >= 11 is 0. The Hall–Kier alpha value is -3.53. The average Bonchev–Trinajstić information content (AvgIpc) is 3.04. The van der Waals surface area contributed by atoms with Gasteiger partial charge in [-0.25, -0.2) is 14.2 Å². The number of aliphatic imine (C=N–C) groups is 1. The highest BCUT2D eigenvalue weighted by atomic mass is 19.1. The third-order valence-electron chi connectivity index (χ3n) is 4.01. The number of nitrogens with zero attached hydrogens (tertiary/aromatic N) is 1. The summed E-state index contributed by atoms with van der Waals surface area (Å²) in [6, 6.07) is 23.6. The molecule has 1 aliphatic heterocycles. The molecule has 0 N–H and O–H groups in total. The van der Waals surface area contributed by atoms with Crippen LogP contribution in [0.25, 0.3) is 17.2 Å². The average molecular weight is 343 g/mol. The fourth-order valence-electron chi connectivity index (χ4n) is 2.71. The highest BCUT2D eigenvalue weighted by Crippen LogP contribution is 2.22. The maximum absolute atomic E-state index is 13.3. The van der Waals surface area contributed by atoms with Gasteiger partial charge in [0.25, 0.3) is 0 Å². The van der Waals surface area contributed by atoms with E-state index >= 15 is 0 Å². The fraction of sp³-hybridized carbons (Fsp3) is 0. The van der Waals surface area contributed by atoms with Gasteiger partial charge in [-0.2, -0.15) is 0 Å². The first-order chi connectivity index (χ1) is 12.7. The number of benzene rings is 3. The van der Waals surface area contributed by atoms with Crippen LogP contribution in [0.4, 0.5) is 4.39 Å². The van der Waals surface area contributed by atoms with Gasteiger partial charge in [-0.05, 0) is 41.0 Å². The zero-order valence-corrected chi connectivity index (χ0v) is 13.7. The lowest BCUT2D eigenvalue weighted by atomic mass is 10.0. The van der Waals surface area contributed by atoms with Crippen LogP contribution in [-0.2, 0) is 9.53 Å². The second-order valence-electron chi connectivity index (χ2n) is 5.83. The number of hydrogen-bond acceptors (Lipinski definition) is 3. The van der Waals surface area contributed by atoms with Crippen molar-refractivity contribution in [2.45, 2.75) is 0 Å². The predicted molar refractivity (Wildman–Crippen MR) is 98.9 cm³/mol. The van der Waals surface area contributed by atoms with E-state index in [1.807, 2.05) is 54.6 Å². The lowest BCUT2D eigenvalue weighted by Crippen LogP contribution is -2.05. The Labute approximate surface area is 150 Å². The molecule has 126 valence electrons. The molecule has 3 aromatic rings. The highest BCUT2D eigenvalue weighted by molar-refractivity contribution is 6.12. The first-order valence-corrected chi connectivity index (χ1v) is 8.13. The molecule has 4 heteroatoms. The van der Waals surface area contributed by atoms with Crippen LogP contribution in [0.1, 0.15) is 11.1 Å². The van der Waals surface area contributed by atoms with Crippen molar-refractivity contribution in [2.24, 2.45) is 4.99 Å². The van der Waals surface area contributed by atoms with Gasteiger partial charge in [0.2, 0.25) is 5.90 Å². The fourth-order valence-corrected chi connectivity index (χ4v) is 2.71. The summed E-state index contributed by atoms with van der Waals surface area (Å²) in [5.41, 5.74) is 3.67. The van der Waals surface area contributed by atoms with Crippen molar-refractivity contribution in [2.75, 3.05) is 0 Å². The molecule has 0 atom stereocenters. The molecule has 0 saturated carbocycles. The molecule has 3 nitrogen and oxygen atoms in total. The first-order valence-electron chi connectivity index (χ1n) is 8.13. The van der Waals surface area contributed by atoms with E-state index in [4.69, 9.17) is 4.74 Å². The van der Waals surface area contributed by atoms with Gasteiger partial charge in [0.15, 0.2) is 5.70 Å². The predicted octanol–water partition coefficient (Wildman–Crippen LogP) is 4.84. The van der Waals surface area contributed by atoms with Crippen molar-refractivity contribution in [3.8, 4) is 11.1 Å². The number of carbonyl (C=O) groups is 1. The Morgan fingerprint density at radius 2 is 1.50 bits per heavy atom. The van der Waals surface area contributed by atoms with Gasteiger partial charge < -0.3 is 4.74 Å². The van der Waals surface area contributed by atoms with Crippen LogP contribution in [0, 0.1) is 5.82 Å². The number of rotatable bonds is 3. The van der Waals surface area contributed by atoms with Crippen LogP contribution in [0.3, 0.4) is 0 Å². The summed E-state index contributed by atoms with van der Waals surface area (Å²) in [6.07, 6.45) is 1.66. The van der Waals surface area contributed by atoms with E-state index < -0.39 is 11.8 Å². The third kappa shape index (κ3) is 3.30. The molecule has 26 heavy (non-hydrogen) atoms. The topological polar surface area (TPSA) is 38.7 Å². The molecular formula is C22H14FNO2. The van der Waals surface area contributed by atoms with Gasteiger partial charge in [0, 0.05) is 5.56 Å². The third-order valence-corrected chi connectivity index (χ3v) is 4.01. The molecule has 0 aromatic heterocycles. The van der Waals surface area contributed by atoms with Gasteiger partial charge in [-0.15, -0.1) is 0 Å². The van der Waals surface area contributed by atoms with E-state index in [2.05, 4.69) is 4.99 Å². The summed E-state index contributed by atoms with van der Waals surface area (Å²) in [5.74, 6) is -0.840. The van der Waals surface area contributed by atoms with Gasteiger partial charge in [-0.3, -0.25) is 0 Å². The van der Waals surface area contributed by atoms with Crippen molar-refractivity contribution < 1.29 is 13.9 Å². The molecule has 0 fully saturated rings. The molecule has 0 unspecified atom stereocenters. The van der Waals surface area contributed by atoms with Crippen LogP contribution in [0.15, 0.2) is 89.6 Å². The Bertz CT molecular complexity index is 1020. The molecule has 0 saturated heterocycles. The van der Waals surface area contributed by atoms with Crippen molar-refractivity contribution in [1.82, 2.24) is 0 Å². The number of cyclic esters (lactones) is 1. The van der Waals surface area contributed by atoms with Crippen LogP contribution in [0.2, 0.25) is 0 Å². The molecule has 0 spiro atoms. The Morgan fingerprint density at radius 1 is 0.808 bits per heavy atom. The molecular weight excluding hydrogens is 329 g/mol. The highest BCUT2D eigenvalue weighted by Gasteiger charge is 2.24. The van der Waals surface area contributed by atoms with Crippen molar-refractivity contribution >= 4 is 17.9 Å². The molecule has 0 radical (unpaired) electrons. The molecule has 1 aliphatic rings. The lowest BCUT2D eigenvalue weighted by molar-refractivity contribution is -0.129. The smallest absolute Gasteiger partial charge is 0.363 e.